The summed E-state index contributed by atoms with van der Waals surface area (Å²) in [5.74, 6) is -0.605. The Labute approximate surface area is 78.2 Å². The normalized spacial score (nSPS) is 30.6. The maximum Gasteiger partial charge on any atom is 0.323 e. The molecule has 8 nitrogen and oxygen atoms in total. The summed E-state index contributed by atoms with van der Waals surface area (Å²) in [4.78, 5) is 34.2. The van der Waals surface area contributed by atoms with Crippen LogP contribution in [0.5, 0.6) is 0 Å². The van der Waals surface area contributed by atoms with E-state index in [2.05, 4.69) is 10.6 Å². The molecule has 2 unspecified atom stereocenters. The van der Waals surface area contributed by atoms with Crippen LogP contribution in [0.3, 0.4) is 0 Å². The molecule has 4 N–H and O–H groups in total. The first-order valence-electron chi connectivity index (χ1n) is 3.93. The van der Waals surface area contributed by atoms with Gasteiger partial charge in [-0.1, -0.05) is 0 Å². The number of aliphatic hydroxyl groups excluding tert-OH is 1. The van der Waals surface area contributed by atoms with Crippen LogP contribution in [0.4, 0.5) is 9.59 Å². The number of imide groups is 1. The molecule has 8 heteroatoms. The smallest absolute Gasteiger partial charge is 0.323 e. The van der Waals surface area contributed by atoms with Crippen LogP contribution in [0.15, 0.2) is 0 Å². The summed E-state index contributed by atoms with van der Waals surface area (Å²) in [6, 6.07) is -2.12. The van der Waals surface area contributed by atoms with Crippen LogP contribution in [0.25, 0.3) is 0 Å². The van der Waals surface area contributed by atoms with E-state index < -0.39 is 36.9 Å². The third kappa shape index (κ3) is 1.08. The molecule has 0 radical (unpaired) electrons. The Bertz CT molecular complexity index is 317. The fourth-order valence-corrected chi connectivity index (χ4v) is 1.52. The second-order valence-electron chi connectivity index (χ2n) is 2.95. The second kappa shape index (κ2) is 2.84. The Hall–Kier alpha value is -1.83. The molecule has 0 aromatic heterocycles. The monoisotopic (exact) mass is 200 g/mol. The van der Waals surface area contributed by atoms with Gasteiger partial charge in [-0.25, -0.2) is 9.59 Å². The topological polar surface area (TPSA) is 111 Å². The van der Waals surface area contributed by atoms with Crippen LogP contribution in [-0.2, 0) is 4.79 Å². The van der Waals surface area contributed by atoms with Crippen LogP contribution in [0, 0.1) is 0 Å². The summed E-state index contributed by atoms with van der Waals surface area (Å²) >= 11 is 0. The predicted molar refractivity (Wildman–Crippen MR) is 41.7 cm³/mol. The van der Waals surface area contributed by atoms with Gasteiger partial charge in [0.25, 0.3) is 5.91 Å². The third-order valence-electron chi connectivity index (χ3n) is 2.14. The highest BCUT2D eigenvalue weighted by molar-refractivity contribution is 6.03. The molecular weight excluding hydrogens is 192 g/mol. The van der Waals surface area contributed by atoms with E-state index >= 15 is 0 Å². The lowest BCUT2D eigenvalue weighted by Crippen LogP contribution is -2.64. The van der Waals surface area contributed by atoms with E-state index in [1.165, 1.54) is 0 Å². The molecule has 14 heavy (non-hydrogen) atoms. The summed E-state index contributed by atoms with van der Waals surface area (Å²) in [6.45, 7) is -0.573. The lowest BCUT2D eigenvalue weighted by Gasteiger charge is -2.27. The Morgan fingerprint density at radius 3 is 2.64 bits per heavy atom. The van der Waals surface area contributed by atoms with Crippen LogP contribution in [0.1, 0.15) is 0 Å². The zero-order valence-corrected chi connectivity index (χ0v) is 6.98. The molecule has 5 amide bonds. The standard InChI is InChI=1S/C6H8N4O4/c11-1-10-2-3(8-6(10)14)7-5(13)9-4(2)12/h2-3,11H,1H2,(H,8,14)(H2,7,9,12,13). The highest BCUT2D eigenvalue weighted by Crippen LogP contribution is 2.13. The quantitative estimate of drug-likeness (QED) is 0.375. The molecule has 0 spiro atoms. The number of hydrogen-bond acceptors (Lipinski definition) is 4. The molecule has 0 aromatic rings. The van der Waals surface area contributed by atoms with Gasteiger partial charge in [0.15, 0.2) is 6.04 Å². The zero-order valence-electron chi connectivity index (χ0n) is 6.98. The van der Waals surface area contributed by atoms with Crippen molar-refractivity contribution in [2.24, 2.45) is 0 Å². The van der Waals surface area contributed by atoms with Crippen molar-refractivity contribution < 1.29 is 19.5 Å². The number of nitrogens with zero attached hydrogens (tertiary/aromatic N) is 1. The number of hydrogen-bond donors (Lipinski definition) is 4. The van der Waals surface area contributed by atoms with Gasteiger partial charge < -0.3 is 15.7 Å². The van der Waals surface area contributed by atoms with E-state index in [0.29, 0.717) is 0 Å². The lowest BCUT2D eigenvalue weighted by molar-refractivity contribution is -0.126. The minimum atomic E-state index is -0.884. The average molecular weight is 200 g/mol. The minimum Gasteiger partial charge on any atom is -0.376 e. The largest absolute Gasteiger partial charge is 0.376 e. The van der Waals surface area contributed by atoms with Crippen molar-refractivity contribution in [3.63, 3.8) is 0 Å². The third-order valence-corrected chi connectivity index (χ3v) is 2.14. The highest BCUT2D eigenvalue weighted by Gasteiger charge is 2.47. The summed E-state index contributed by atoms with van der Waals surface area (Å²) in [5.41, 5.74) is 0. The van der Waals surface area contributed by atoms with Crippen LogP contribution < -0.4 is 16.0 Å². The van der Waals surface area contributed by atoms with Crippen molar-refractivity contribution in [1.29, 1.82) is 0 Å². The second-order valence-corrected chi connectivity index (χ2v) is 2.95. The number of fused-ring (bicyclic) bond motifs is 1. The van der Waals surface area contributed by atoms with Gasteiger partial charge >= 0.3 is 12.1 Å². The van der Waals surface area contributed by atoms with Crippen molar-refractivity contribution in [1.82, 2.24) is 20.9 Å². The molecule has 2 atom stereocenters. The maximum atomic E-state index is 11.3. The molecule has 0 aliphatic carbocycles. The first-order valence-corrected chi connectivity index (χ1v) is 3.93. The van der Waals surface area contributed by atoms with E-state index in [1.807, 2.05) is 5.32 Å². The number of urea groups is 2. The Balaban J connectivity index is 2.25. The SMILES string of the molecule is O=C1NC(=O)C2C(N1)NC(=O)N2CO. The Morgan fingerprint density at radius 1 is 1.29 bits per heavy atom. The van der Waals surface area contributed by atoms with Crippen LogP contribution in [-0.4, -0.2) is 46.9 Å². The molecule has 2 saturated heterocycles. The Kier molecular flexibility index (Phi) is 1.78. The number of rotatable bonds is 1. The van der Waals surface area contributed by atoms with Gasteiger partial charge in [-0.15, -0.1) is 0 Å². The number of amides is 5. The number of nitrogens with one attached hydrogen (secondary N) is 3. The number of aliphatic hydroxyl groups is 1. The van der Waals surface area contributed by atoms with Crippen molar-refractivity contribution in [3.8, 4) is 0 Å². The summed E-state index contributed by atoms with van der Waals surface area (Å²) in [6.07, 6.45) is -0.768. The minimum absolute atomic E-state index is 0.573. The molecule has 0 saturated carbocycles. The molecule has 76 valence electrons. The van der Waals surface area contributed by atoms with Crippen molar-refractivity contribution >= 4 is 18.0 Å². The van der Waals surface area contributed by atoms with Gasteiger partial charge in [-0.3, -0.25) is 15.0 Å². The molecule has 2 aliphatic rings. The van der Waals surface area contributed by atoms with Gasteiger partial charge in [0, 0.05) is 0 Å². The average Bonchev–Trinajstić information content (AvgIpc) is 2.40. The van der Waals surface area contributed by atoms with Gasteiger partial charge in [0.2, 0.25) is 0 Å². The van der Waals surface area contributed by atoms with Crippen LogP contribution in [0.2, 0.25) is 0 Å². The zero-order chi connectivity index (χ0) is 10.3. The molecule has 0 bridgehead atoms. The van der Waals surface area contributed by atoms with E-state index in [1.54, 1.807) is 0 Å². The van der Waals surface area contributed by atoms with E-state index in [4.69, 9.17) is 5.11 Å². The van der Waals surface area contributed by atoms with Gasteiger partial charge in [0.05, 0.1) is 0 Å². The fourth-order valence-electron chi connectivity index (χ4n) is 1.52. The first kappa shape index (κ1) is 8.75. The van der Waals surface area contributed by atoms with Crippen molar-refractivity contribution in [2.45, 2.75) is 12.2 Å². The maximum absolute atomic E-state index is 11.3. The molecule has 2 rings (SSSR count). The number of carbonyl (C=O) groups excluding carboxylic acids is 3. The predicted octanol–water partition coefficient (Wildman–Crippen LogP) is -2.50. The molecule has 2 aliphatic heterocycles. The Morgan fingerprint density at radius 2 is 2.00 bits per heavy atom. The van der Waals surface area contributed by atoms with Crippen molar-refractivity contribution in [2.75, 3.05) is 6.73 Å². The highest BCUT2D eigenvalue weighted by atomic mass is 16.3. The van der Waals surface area contributed by atoms with Crippen LogP contribution >= 0.6 is 0 Å². The molecule has 2 heterocycles. The van der Waals surface area contributed by atoms with E-state index in [-0.39, 0.29) is 0 Å². The van der Waals surface area contributed by atoms with Crippen molar-refractivity contribution in [3.05, 3.63) is 0 Å². The number of carbonyl (C=O) groups is 3. The summed E-state index contributed by atoms with van der Waals surface area (Å²) < 4.78 is 0. The molecule has 2 fully saturated rings. The van der Waals surface area contributed by atoms with Gasteiger partial charge in [0.1, 0.15) is 12.9 Å². The molecule has 0 aromatic carbocycles. The fraction of sp³-hybridized carbons (Fsp3) is 0.500. The molecular formula is C6H8N4O4. The van der Waals surface area contributed by atoms with E-state index in [9.17, 15) is 14.4 Å². The summed E-state index contributed by atoms with van der Waals surface area (Å²) in [5, 5.41) is 15.5. The summed E-state index contributed by atoms with van der Waals surface area (Å²) in [7, 11) is 0. The lowest BCUT2D eigenvalue weighted by atomic mass is 10.2. The van der Waals surface area contributed by atoms with Gasteiger partial charge in [-0.05, 0) is 0 Å². The first-order chi connectivity index (χ1) is 6.63. The van der Waals surface area contributed by atoms with Gasteiger partial charge in [-0.2, -0.15) is 0 Å². The van der Waals surface area contributed by atoms with E-state index in [0.717, 1.165) is 4.90 Å².